The zero-order valence-corrected chi connectivity index (χ0v) is 27.9. The van der Waals surface area contributed by atoms with E-state index in [9.17, 15) is 14.7 Å². The number of carbonyl (C=O) groups is 2. The highest BCUT2D eigenvalue weighted by Crippen LogP contribution is 2.59. The Morgan fingerprint density at radius 3 is 1.83 bits per heavy atom. The quantitative estimate of drug-likeness (QED) is 0.175. The number of unbranched alkanes of at least 4 members (excludes halogenated alkanes) is 9. The van der Waals surface area contributed by atoms with E-state index < -0.39 is 0 Å². The standard InChI is InChI=1S/C36H57NO3S/c1-8-9-10-11-12-13-14-15-16-17-18-41-29-22-25-21-26(29)31-30(25)33(39)37(34(31)40)23-24-19-27(35(2,3)4)32(38)28(20-24)36(5,6)7/h19-20,25-26,29-31,38H,8-18,21-23H2,1-7H3. The van der Waals surface area contributed by atoms with E-state index in [0.717, 1.165) is 29.5 Å². The molecule has 1 heterocycles. The molecule has 3 fully saturated rings. The van der Waals surface area contributed by atoms with E-state index in [4.69, 9.17) is 0 Å². The van der Waals surface area contributed by atoms with Gasteiger partial charge in [0.1, 0.15) is 5.75 Å². The van der Waals surface area contributed by atoms with Gasteiger partial charge < -0.3 is 5.11 Å². The van der Waals surface area contributed by atoms with Gasteiger partial charge >= 0.3 is 0 Å². The Morgan fingerprint density at radius 1 is 0.780 bits per heavy atom. The number of phenolic OH excluding ortho intramolecular Hbond substituents is 1. The molecular weight excluding hydrogens is 526 g/mol. The zero-order valence-electron chi connectivity index (χ0n) is 27.1. The third kappa shape index (κ3) is 7.36. The van der Waals surface area contributed by atoms with Crippen molar-refractivity contribution in [1.29, 1.82) is 0 Å². The van der Waals surface area contributed by atoms with Crippen molar-refractivity contribution in [2.45, 2.75) is 148 Å². The lowest BCUT2D eigenvalue weighted by Gasteiger charge is -2.29. The molecule has 0 aromatic heterocycles. The van der Waals surface area contributed by atoms with Gasteiger partial charge in [-0.3, -0.25) is 14.5 Å². The first-order valence-electron chi connectivity index (χ1n) is 16.7. The fourth-order valence-electron chi connectivity index (χ4n) is 7.75. The highest BCUT2D eigenvalue weighted by Gasteiger charge is 2.63. The van der Waals surface area contributed by atoms with Crippen LogP contribution in [0.25, 0.3) is 0 Å². The highest BCUT2D eigenvalue weighted by atomic mass is 32.2. The van der Waals surface area contributed by atoms with E-state index >= 15 is 0 Å². The molecular formula is C36H57NO3S. The van der Waals surface area contributed by atoms with Crippen LogP contribution >= 0.6 is 11.8 Å². The summed E-state index contributed by atoms with van der Waals surface area (Å²) in [5.41, 5.74) is 2.21. The lowest BCUT2D eigenvalue weighted by molar-refractivity contribution is -0.141. The third-order valence-electron chi connectivity index (χ3n) is 10.0. The second-order valence-electron chi connectivity index (χ2n) is 15.3. The molecule has 1 aromatic rings. The van der Waals surface area contributed by atoms with Gasteiger partial charge in [0.2, 0.25) is 11.8 Å². The van der Waals surface area contributed by atoms with Crippen molar-refractivity contribution in [3.63, 3.8) is 0 Å². The maximum Gasteiger partial charge on any atom is 0.233 e. The van der Waals surface area contributed by atoms with Gasteiger partial charge in [-0.15, -0.1) is 0 Å². The van der Waals surface area contributed by atoms with Crippen LogP contribution in [-0.2, 0) is 27.0 Å². The van der Waals surface area contributed by atoms with Crippen LogP contribution in [0, 0.1) is 23.7 Å². The molecule has 1 aliphatic heterocycles. The van der Waals surface area contributed by atoms with Gasteiger partial charge in [0.15, 0.2) is 0 Å². The summed E-state index contributed by atoms with van der Waals surface area (Å²) in [6, 6.07) is 4.03. The van der Waals surface area contributed by atoms with Gasteiger partial charge in [0, 0.05) is 5.25 Å². The first kappa shape index (κ1) is 32.4. The topological polar surface area (TPSA) is 57.6 Å². The Balaban J connectivity index is 1.31. The highest BCUT2D eigenvalue weighted by molar-refractivity contribution is 7.99. The molecule has 1 N–H and O–H groups in total. The predicted molar refractivity (Wildman–Crippen MR) is 172 cm³/mol. The normalized spacial score (nSPS) is 25.9. The number of carbonyl (C=O) groups excluding carboxylic acids is 2. The Hall–Kier alpha value is -1.49. The minimum Gasteiger partial charge on any atom is -0.507 e. The molecule has 2 aliphatic carbocycles. The van der Waals surface area contributed by atoms with Gasteiger partial charge in [-0.05, 0) is 76.5 Å². The van der Waals surface area contributed by atoms with E-state index in [1.54, 1.807) is 4.90 Å². The van der Waals surface area contributed by atoms with Gasteiger partial charge in [0.25, 0.3) is 0 Å². The number of amides is 2. The molecule has 230 valence electrons. The summed E-state index contributed by atoms with van der Waals surface area (Å²) in [5.74, 6) is 2.13. The largest absolute Gasteiger partial charge is 0.507 e. The summed E-state index contributed by atoms with van der Waals surface area (Å²) in [4.78, 5) is 29.0. The second kappa shape index (κ2) is 13.4. The number of benzene rings is 1. The van der Waals surface area contributed by atoms with Crippen LogP contribution in [0.1, 0.15) is 142 Å². The molecule has 41 heavy (non-hydrogen) atoms. The van der Waals surface area contributed by atoms with Crippen molar-refractivity contribution in [3.8, 4) is 5.75 Å². The maximum absolute atomic E-state index is 13.8. The van der Waals surface area contributed by atoms with E-state index in [-0.39, 0.29) is 34.5 Å². The molecule has 5 heteroatoms. The summed E-state index contributed by atoms with van der Waals surface area (Å²) < 4.78 is 0. The number of thioether (sulfide) groups is 1. The molecule has 0 spiro atoms. The zero-order chi connectivity index (χ0) is 29.9. The lowest BCUT2D eigenvalue weighted by atomic mass is 9.78. The molecule has 5 atom stereocenters. The number of hydrogen-bond acceptors (Lipinski definition) is 4. The van der Waals surface area contributed by atoms with Crippen molar-refractivity contribution in [2.24, 2.45) is 23.7 Å². The molecule has 2 saturated carbocycles. The molecule has 5 unspecified atom stereocenters. The number of aromatic hydroxyl groups is 1. The number of rotatable bonds is 14. The third-order valence-corrected chi connectivity index (χ3v) is 11.5. The minimum atomic E-state index is -0.243. The van der Waals surface area contributed by atoms with E-state index in [1.807, 2.05) is 12.1 Å². The summed E-state index contributed by atoms with van der Waals surface area (Å²) in [7, 11) is 0. The van der Waals surface area contributed by atoms with Crippen LogP contribution in [0.4, 0.5) is 0 Å². The SMILES string of the molecule is CCCCCCCCCCCCSC1CC2CC1C1C(=O)N(Cc3cc(C(C)(C)C)c(O)c(C(C)(C)C)c3)C(=O)C21. The number of phenols is 1. The molecule has 1 saturated heterocycles. The molecule has 1 aromatic carbocycles. The Kier molecular flexibility index (Phi) is 10.6. The number of likely N-dealkylation sites (tertiary alicyclic amines) is 1. The molecule has 4 rings (SSSR count). The van der Waals surface area contributed by atoms with Crippen LogP contribution in [-0.4, -0.2) is 32.8 Å². The molecule has 2 amide bonds. The molecule has 0 radical (unpaired) electrons. The molecule has 4 nitrogen and oxygen atoms in total. The summed E-state index contributed by atoms with van der Waals surface area (Å²) in [5, 5.41) is 11.6. The van der Waals surface area contributed by atoms with Crippen LogP contribution in [0.15, 0.2) is 12.1 Å². The lowest BCUT2D eigenvalue weighted by Crippen LogP contribution is -2.33. The number of nitrogens with zero attached hydrogens (tertiary/aromatic N) is 1. The fraction of sp³-hybridized carbons (Fsp3) is 0.778. The van der Waals surface area contributed by atoms with E-state index in [1.165, 1.54) is 70.0 Å². The average Bonchev–Trinajstić information content (AvgIpc) is 3.54. The Morgan fingerprint density at radius 2 is 1.29 bits per heavy atom. The van der Waals surface area contributed by atoms with Crippen molar-refractivity contribution in [3.05, 3.63) is 28.8 Å². The van der Waals surface area contributed by atoms with Gasteiger partial charge in [-0.25, -0.2) is 0 Å². The Bertz CT molecular complexity index is 1030. The first-order chi connectivity index (χ1) is 19.3. The number of imide groups is 1. The number of hydrogen-bond donors (Lipinski definition) is 1. The van der Waals surface area contributed by atoms with Crippen LogP contribution in [0.5, 0.6) is 5.75 Å². The van der Waals surface area contributed by atoms with Gasteiger partial charge in [-0.2, -0.15) is 11.8 Å². The monoisotopic (exact) mass is 583 g/mol. The fourth-order valence-corrected chi connectivity index (χ4v) is 9.33. The van der Waals surface area contributed by atoms with E-state index in [2.05, 4.69) is 60.2 Å². The van der Waals surface area contributed by atoms with E-state index in [0.29, 0.717) is 29.4 Å². The van der Waals surface area contributed by atoms with Gasteiger partial charge in [0.05, 0.1) is 18.4 Å². The smallest absolute Gasteiger partial charge is 0.233 e. The van der Waals surface area contributed by atoms with Crippen molar-refractivity contribution in [1.82, 2.24) is 4.90 Å². The number of fused-ring (bicyclic) bond motifs is 5. The molecule has 2 bridgehead atoms. The second-order valence-corrected chi connectivity index (χ2v) is 16.7. The van der Waals surface area contributed by atoms with Crippen LogP contribution in [0.3, 0.4) is 0 Å². The first-order valence-corrected chi connectivity index (χ1v) is 17.7. The van der Waals surface area contributed by atoms with Gasteiger partial charge in [-0.1, -0.05) is 106 Å². The Labute approximate surface area is 254 Å². The van der Waals surface area contributed by atoms with Crippen LogP contribution < -0.4 is 0 Å². The molecule has 3 aliphatic rings. The summed E-state index contributed by atoms with van der Waals surface area (Å²) in [6.45, 7) is 15.2. The maximum atomic E-state index is 13.8. The summed E-state index contributed by atoms with van der Waals surface area (Å²) >= 11 is 2.08. The van der Waals surface area contributed by atoms with Crippen LogP contribution in [0.2, 0.25) is 0 Å². The summed E-state index contributed by atoms with van der Waals surface area (Å²) in [6.07, 6.45) is 15.8. The van der Waals surface area contributed by atoms with Crippen molar-refractivity contribution < 1.29 is 14.7 Å². The van der Waals surface area contributed by atoms with Crippen molar-refractivity contribution in [2.75, 3.05) is 5.75 Å². The minimum absolute atomic E-state index is 0.0494. The predicted octanol–water partition coefficient (Wildman–Crippen LogP) is 9.15. The van der Waals surface area contributed by atoms with Crippen molar-refractivity contribution >= 4 is 23.6 Å². The average molecular weight is 584 g/mol.